The van der Waals surface area contributed by atoms with Gasteiger partial charge in [0.05, 0.1) is 12.1 Å². The van der Waals surface area contributed by atoms with Crippen LogP contribution >= 0.6 is 0 Å². The Morgan fingerprint density at radius 2 is 1.83 bits per heavy atom. The third kappa shape index (κ3) is 1.72. The van der Waals surface area contributed by atoms with Crippen molar-refractivity contribution in [3.63, 3.8) is 0 Å². The van der Waals surface area contributed by atoms with Crippen LogP contribution in [0.4, 0.5) is 10.3 Å². The molecule has 0 spiro atoms. The molecule has 3 rings (SSSR count). The molecule has 0 fully saturated rings. The number of nitrogens with zero attached hydrogens (tertiary/aromatic N) is 2. The fraction of sp³-hybridized carbons (Fsp3) is 0.0714. The second kappa shape index (κ2) is 4.14. The molecule has 0 saturated heterocycles. The lowest BCUT2D eigenvalue weighted by molar-refractivity contribution is 0.637. The molecule has 0 radical (unpaired) electrons. The van der Waals surface area contributed by atoms with Crippen LogP contribution in [0.2, 0.25) is 0 Å². The summed E-state index contributed by atoms with van der Waals surface area (Å²) in [5.74, 6) is -0.00929. The summed E-state index contributed by atoms with van der Waals surface area (Å²) in [6.45, 7) is 0.590. The van der Waals surface area contributed by atoms with Gasteiger partial charge in [-0.25, -0.2) is 9.37 Å². The molecule has 0 saturated carbocycles. The molecule has 4 heteroatoms. The van der Waals surface area contributed by atoms with Crippen molar-refractivity contribution >= 4 is 17.0 Å². The highest BCUT2D eigenvalue weighted by Gasteiger charge is 2.11. The van der Waals surface area contributed by atoms with Crippen molar-refractivity contribution in [2.24, 2.45) is 0 Å². The molecule has 1 heterocycles. The number of aromatic nitrogens is 2. The van der Waals surface area contributed by atoms with E-state index in [1.54, 1.807) is 6.07 Å². The Kier molecular flexibility index (Phi) is 2.48. The molecule has 3 aromatic rings. The predicted molar refractivity (Wildman–Crippen MR) is 69.6 cm³/mol. The molecular weight excluding hydrogens is 229 g/mol. The minimum atomic E-state index is -0.342. The van der Waals surface area contributed by atoms with E-state index in [2.05, 4.69) is 4.98 Å². The van der Waals surface area contributed by atoms with E-state index in [0.29, 0.717) is 18.0 Å². The van der Waals surface area contributed by atoms with Gasteiger partial charge >= 0.3 is 0 Å². The molecular formula is C14H12FN3. The molecule has 2 N–H and O–H groups in total. The van der Waals surface area contributed by atoms with Gasteiger partial charge in [0.1, 0.15) is 5.52 Å². The van der Waals surface area contributed by atoms with E-state index in [9.17, 15) is 4.39 Å². The summed E-state index contributed by atoms with van der Waals surface area (Å²) in [5, 5.41) is 0. The van der Waals surface area contributed by atoms with Gasteiger partial charge in [0.2, 0.25) is 5.95 Å². The number of rotatable bonds is 2. The molecule has 90 valence electrons. The van der Waals surface area contributed by atoms with Gasteiger partial charge in [-0.3, -0.25) is 0 Å². The number of fused-ring (bicyclic) bond motifs is 1. The third-order valence-corrected chi connectivity index (χ3v) is 2.94. The number of hydrogen-bond donors (Lipinski definition) is 1. The highest BCUT2D eigenvalue weighted by molar-refractivity contribution is 5.79. The van der Waals surface area contributed by atoms with Gasteiger partial charge in [-0.2, -0.15) is 0 Å². The van der Waals surface area contributed by atoms with Gasteiger partial charge < -0.3 is 10.3 Å². The summed E-state index contributed by atoms with van der Waals surface area (Å²) in [5.41, 5.74) is 8.00. The quantitative estimate of drug-likeness (QED) is 0.749. The Bertz CT molecular complexity index is 689. The van der Waals surface area contributed by atoms with Crippen LogP contribution in [0.3, 0.4) is 0 Å². The normalized spacial score (nSPS) is 10.9. The van der Waals surface area contributed by atoms with E-state index in [-0.39, 0.29) is 5.82 Å². The van der Waals surface area contributed by atoms with Gasteiger partial charge in [0.15, 0.2) is 5.82 Å². The lowest BCUT2D eigenvalue weighted by Crippen LogP contribution is -2.04. The highest BCUT2D eigenvalue weighted by Crippen LogP contribution is 2.21. The van der Waals surface area contributed by atoms with Crippen LogP contribution in [-0.2, 0) is 6.54 Å². The Hall–Kier alpha value is -2.36. The molecule has 0 aliphatic heterocycles. The standard InChI is InChI=1S/C14H12FN3/c15-11-7-4-8-12-13(11)17-14(16)18(12)9-10-5-2-1-3-6-10/h1-8H,9H2,(H2,16,17). The van der Waals surface area contributed by atoms with Crippen LogP contribution < -0.4 is 5.73 Å². The Morgan fingerprint density at radius 3 is 2.61 bits per heavy atom. The SMILES string of the molecule is Nc1nc2c(F)cccc2n1Cc1ccccc1. The zero-order chi connectivity index (χ0) is 12.5. The van der Waals surface area contributed by atoms with Gasteiger partial charge in [-0.05, 0) is 17.7 Å². The number of para-hydroxylation sites is 1. The van der Waals surface area contributed by atoms with Gasteiger partial charge in [-0.1, -0.05) is 36.4 Å². The van der Waals surface area contributed by atoms with Crippen molar-refractivity contribution in [2.75, 3.05) is 5.73 Å². The van der Waals surface area contributed by atoms with Crippen molar-refractivity contribution in [1.82, 2.24) is 9.55 Å². The molecule has 0 aliphatic rings. The third-order valence-electron chi connectivity index (χ3n) is 2.94. The predicted octanol–water partition coefficient (Wildman–Crippen LogP) is 2.81. The first-order valence-corrected chi connectivity index (χ1v) is 5.70. The molecule has 0 bridgehead atoms. The Morgan fingerprint density at radius 1 is 1.06 bits per heavy atom. The molecule has 18 heavy (non-hydrogen) atoms. The molecule has 1 aromatic heterocycles. The fourth-order valence-electron chi connectivity index (χ4n) is 2.06. The van der Waals surface area contributed by atoms with Crippen LogP contribution in [-0.4, -0.2) is 9.55 Å². The second-order valence-electron chi connectivity index (χ2n) is 4.15. The molecule has 0 aliphatic carbocycles. The van der Waals surface area contributed by atoms with Crippen molar-refractivity contribution in [3.8, 4) is 0 Å². The number of imidazole rings is 1. The summed E-state index contributed by atoms with van der Waals surface area (Å²) in [7, 11) is 0. The van der Waals surface area contributed by atoms with Crippen LogP contribution in [0.25, 0.3) is 11.0 Å². The average Bonchev–Trinajstić information content (AvgIpc) is 2.70. The van der Waals surface area contributed by atoms with Crippen LogP contribution in [0.15, 0.2) is 48.5 Å². The smallest absolute Gasteiger partial charge is 0.201 e. The first-order chi connectivity index (χ1) is 8.75. The van der Waals surface area contributed by atoms with Crippen molar-refractivity contribution in [2.45, 2.75) is 6.54 Å². The molecule has 0 unspecified atom stereocenters. The van der Waals surface area contributed by atoms with Gasteiger partial charge in [0.25, 0.3) is 0 Å². The minimum Gasteiger partial charge on any atom is -0.369 e. The van der Waals surface area contributed by atoms with E-state index in [1.807, 2.05) is 41.0 Å². The summed E-state index contributed by atoms with van der Waals surface area (Å²) in [6, 6.07) is 14.8. The molecule has 2 aromatic carbocycles. The largest absolute Gasteiger partial charge is 0.369 e. The van der Waals surface area contributed by atoms with Gasteiger partial charge in [0, 0.05) is 0 Å². The molecule has 3 nitrogen and oxygen atoms in total. The highest BCUT2D eigenvalue weighted by atomic mass is 19.1. The number of nitrogens with two attached hydrogens (primary N) is 1. The number of halogens is 1. The number of hydrogen-bond acceptors (Lipinski definition) is 2. The van der Waals surface area contributed by atoms with Crippen molar-refractivity contribution < 1.29 is 4.39 Å². The lowest BCUT2D eigenvalue weighted by Gasteiger charge is -2.06. The van der Waals surface area contributed by atoms with E-state index >= 15 is 0 Å². The maximum atomic E-state index is 13.6. The van der Waals surface area contributed by atoms with Crippen LogP contribution in [0.5, 0.6) is 0 Å². The minimum absolute atomic E-state index is 0.325. The summed E-state index contributed by atoms with van der Waals surface area (Å²) in [6.07, 6.45) is 0. The molecule has 0 atom stereocenters. The fourth-order valence-corrected chi connectivity index (χ4v) is 2.06. The first-order valence-electron chi connectivity index (χ1n) is 5.70. The van der Waals surface area contributed by atoms with Crippen LogP contribution in [0.1, 0.15) is 5.56 Å². The van der Waals surface area contributed by atoms with E-state index in [0.717, 1.165) is 11.1 Å². The molecule has 0 amide bonds. The number of anilines is 1. The monoisotopic (exact) mass is 241 g/mol. The average molecular weight is 241 g/mol. The maximum absolute atomic E-state index is 13.6. The summed E-state index contributed by atoms with van der Waals surface area (Å²) >= 11 is 0. The maximum Gasteiger partial charge on any atom is 0.201 e. The topological polar surface area (TPSA) is 43.8 Å². The van der Waals surface area contributed by atoms with E-state index in [1.165, 1.54) is 6.07 Å². The van der Waals surface area contributed by atoms with E-state index < -0.39 is 0 Å². The summed E-state index contributed by atoms with van der Waals surface area (Å²) in [4.78, 5) is 4.07. The lowest BCUT2D eigenvalue weighted by atomic mass is 10.2. The van der Waals surface area contributed by atoms with Crippen molar-refractivity contribution in [1.29, 1.82) is 0 Å². The second-order valence-corrected chi connectivity index (χ2v) is 4.15. The summed E-state index contributed by atoms with van der Waals surface area (Å²) < 4.78 is 15.4. The number of benzene rings is 2. The van der Waals surface area contributed by atoms with Gasteiger partial charge in [-0.15, -0.1) is 0 Å². The first kappa shape index (κ1) is 10.8. The van der Waals surface area contributed by atoms with E-state index in [4.69, 9.17) is 5.73 Å². The number of nitrogen functional groups attached to an aromatic ring is 1. The zero-order valence-corrected chi connectivity index (χ0v) is 9.68. The Labute approximate surface area is 104 Å². The van der Waals surface area contributed by atoms with Crippen LogP contribution in [0, 0.1) is 5.82 Å². The Balaban J connectivity index is 2.12. The van der Waals surface area contributed by atoms with Crippen molar-refractivity contribution in [3.05, 3.63) is 59.9 Å². The zero-order valence-electron chi connectivity index (χ0n) is 9.68.